The van der Waals surface area contributed by atoms with E-state index in [-0.39, 0.29) is 21.5 Å². The first-order valence-electron chi connectivity index (χ1n) is 6.66. The molecule has 2 aromatic rings. The standard InChI is InChI=1S/C15H14Cl2N2O4S/c1-9(20)18-13-5-4-11(8-12(13)17)24(21,22)19-14-7-10(16)3-6-15(14)23-2/h3-8,19H,1-2H3,(H,18,20). The van der Waals surface area contributed by atoms with Crippen molar-refractivity contribution in [3.63, 3.8) is 0 Å². The number of ether oxygens (including phenoxy) is 1. The van der Waals surface area contributed by atoms with Crippen LogP contribution in [0.25, 0.3) is 0 Å². The Morgan fingerprint density at radius 2 is 1.79 bits per heavy atom. The molecule has 24 heavy (non-hydrogen) atoms. The SMILES string of the molecule is COc1ccc(Cl)cc1NS(=O)(=O)c1ccc(NC(C)=O)c(Cl)c1. The zero-order valence-electron chi connectivity index (χ0n) is 12.8. The van der Waals surface area contributed by atoms with Crippen molar-refractivity contribution in [1.29, 1.82) is 0 Å². The third-order valence-corrected chi connectivity index (χ3v) is 4.88. The number of methoxy groups -OCH3 is 1. The van der Waals surface area contributed by atoms with Gasteiger partial charge in [0.15, 0.2) is 0 Å². The fourth-order valence-electron chi connectivity index (χ4n) is 1.92. The van der Waals surface area contributed by atoms with Gasteiger partial charge in [0.1, 0.15) is 5.75 Å². The molecule has 0 fully saturated rings. The molecule has 0 aromatic heterocycles. The molecule has 0 saturated heterocycles. The van der Waals surface area contributed by atoms with Crippen LogP contribution in [0.1, 0.15) is 6.92 Å². The second-order valence-electron chi connectivity index (χ2n) is 4.77. The number of anilines is 2. The van der Waals surface area contributed by atoms with Gasteiger partial charge in [-0.15, -0.1) is 0 Å². The minimum atomic E-state index is -3.92. The van der Waals surface area contributed by atoms with Crippen molar-refractivity contribution in [2.75, 3.05) is 17.1 Å². The molecule has 0 atom stereocenters. The van der Waals surface area contributed by atoms with E-state index >= 15 is 0 Å². The van der Waals surface area contributed by atoms with E-state index in [0.717, 1.165) is 0 Å². The number of benzene rings is 2. The van der Waals surface area contributed by atoms with Crippen LogP contribution < -0.4 is 14.8 Å². The molecule has 0 spiro atoms. The third-order valence-electron chi connectivity index (χ3n) is 2.97. The van der Waals surface area contributed by atoms with Crippen LogP contribution in [0, 0.1) is 0 Å². The van der Waals surface area contributed by atoms with Crippen LogP contribution in [0.2, 0.25) is 10.0 Å². The van der Waals surface area contributed by atoms with Crippen molar-refractivity contribution in [3.8, 4) is 5.75 Å². The molecule has 0 saturated carbocycles. The van der Waals surface area contributed by atoms with E-state index in [1.807, 2.05) is 0 Å². The number of hydrogen-bond acceptors (Lipinski definition) is 4. The monoisotopic (exact) mass is 388 g/mol. The Hall–Kier alpha value is -1.96. The highest BCUT2D eigenvalue weighted by molar-refractivity contribution is 7.92. The Bertz CT molecular complexity index is 885. The maximum absolute atomic E-state index is 12.5. The lowest BCUT2D eigenvalue weighted by Crippen LogP contribution is -2.14. The molecule has 0 radical (unpaired) electrons. The number of amides is 1. The molecule has 6 nitrogen and oxygen atoms in total. The summed E-state index contributed by atoms with van der Waals surface area (Å²) in [6, 6.07) is 8.55. The van der Waals surface area contributed by atoms with Crippen molar-refractivity contribution in [2.45, 2.75) is 11.8 Å². The van der Waals surface area contributed by atoms with E-state index in [1.165, 1.54) is 38.3 Å². The lowest BCUT2D eigenvalue weighted by molar-refractivity contribution is -0.114. The smallest absolute Gasteiger partial charge is 0.262 e. The topological polar surface area (TPSA) is 84.5 Å². The zero-order chi connectivity index (χ0) is 17.9. The molecule has 2 N–H and O–H groups in total. The first kappa shape index (κ1) is 18.4. The van der Waals surface area contributed by atoms with E-state index in [2.05, 4.69) is 10.0 Å². The van der Waals surface area contributed by atoms with Gasteiger partial charge in [-0.25, -0.2) is 8.42 Å². The van der Waals surface area contributed by atoms with E-state index in [0.29, 0.717) is 16.5 Å². The van der Waals surface area contributed by atoms with E-state index in [9.17, 15) is 13.2 Å². The van der Waals surface area contributed by atoms with Crippen LogP contribution in [0.3, 0.4) is 0 Å². The van der Waals surface area contributed by atoms with Crippen LogP contribution in [0.15, 0.2) is 41.3 Å². The van der Waals surface area contributed by atoms with Gasteiger partial charge in [-0.3, -0.25) is 9.52 Å². The highest BCUT2D eigenvalue weighted by Gasteiger charge is 2.18. The fourth-order valence-corrected chi connectivity index (χ4v) is 3.47. The van der Waals surface area contributed by atoms with Crippen molar-refractivity contribution in [3.05, 3.63) is 46.4 Å². The maximum Gasteiger partial charge on any atom is 0.262 e. The van der Waals surface area contributed by atoms with Gasteiger partial charge in [0.05, 0.1) is 28.4 Å². The first-order chi connectivity index (χ1) is 11.2. The van der Waals surface area contributed by atoms with Gasteiger partial charge in [0.2, 0.25) is 5.91 Å². The van der Waals surface area contributed by atoms with Crippen LogP contribution in [0.5, 0.6) is 5.75 Å². The summed E-state index contributed by atoms with van der Waals surface area (Å²) in [7, 11) is -2.50. The van der Waals surface area contributed by atoms with Gasteiger partial charge in [-0.05, 0) is 36.4 Å². The number of sulfonamides is 1. The van der Waals surface area contributed by atoms with Crippen molar-refractivity contribution < 1.29 is 17.9 Å². The zero-order valence-corrected chi connectivity index (χ0v) is 15.1. The highest BCUT2D eigenvalue weighted by Crippen LogP contribution is 2.31. The van der Waals surface area contributed by atoms with Gasteiger partial charge >= 0.3 is 0 Å². The van der Waals surface area contributed by atoms with Gasteiger partial charge in [0.25, 0.3) is 10.0 Å². The van der Waals surface area contributed by atoms with Crippen LogP contribution in [0.4, 0.5) is 11.4 Å². The van der Waals surface area contributed by atoms with Gasteiger partial charge in [-0.2, -0.15) is 0 Å². The molecule has 9 heteroatoms. The Morgan fingerprint density at radius 3 is 2.38 bits per heavy atom. The minimum Gasteiger partial charge on any atom is -0.495 e. The molecule has 0 aliphatic rings. The van der Waals surface area contributed by atoms with Crippen LogP contribution in [-0.2, 0) is 14.8 Å². The molecule has 0 aliphatic heterocycles. The minimum absolute atomic E-state index is 0.0661. The molecule has 128 valence electrons. The summed E-state index contributed by atoms with van der Waals surface area (Å²) in [5.41, 5.74) is 0.524. The Balaban J connectivity index is 2.36. The van der Waals surface area contributed by atoms with E-state index in [4.69, 9.17) is 27.9 Å². The predicted octanol–water partition coefficient (Wildman–Crippen LogP) is 3.76. The normalized spacial score (nSPS) is 11.0. The summed E-state index contributed by atoms with van der Waals surface area (Å²) in [5.74, 6) is 0.0123. The van der Waals surface area contributed by atoms with Crippen LogP contribution in [-0.4, -0.2) is 21.4 Å². The molecular weight excluding hydrogens is 375 g/mol. The summed E-state index contributed by atoms with van der Waals surface area (Å²) in [6.07, 6.45) is 0. The largest absolute Gasteiger partial charge is 0.495 e. The number of rotatable bonds is 5. The van der Waals surface area contributed by atoms with Crippen molar-refractivity contribution in [1.82, 2.24) is 0 Å². The molecule has 0 unspecified atom stereocenters. The quantitative estimate of drug-likeness (QED) is 0.816. The van der Waals surface area contributed by atoms with Crippen molar-refractivity contribution >= 4 is 50.5 Å². The number of nitrogens with one attached hydrogen (secondary N) is 2. The average molecular weight is 389 g/mol. The first-order valence-corrected chi connectivity index (χ1v) is 8.90. The third kappa shape index (κ3) is 4.31. The predicted molar refractivity (Wildman–Crippen MR) is 94.6 cm³/mol. The molecule has 0 heterocycles. The molecule has 2 aromatic carbocycles. The molecule has 1 amide bonds. The van der Waals surface area contributed by atoms with Gasteiger partial charge in [0, 0.05) is 11.9 Å². The molecule has 2 rings (SSSR count). The van der Waals surface area contributed by atoms with Gasteiger partial charge in [-0.1, -0.05) is 23.2 Å². The molecule has 0 bridgehead atoms. The fraction of sp³-hybridized carbons (Fsp3) is 0.133. The number of carbonyl (C=O) groups excluding carboxylic acids is 1. The lowest BCUT2D eigenvalue weighted by atomic mass is 10.3. The number of halogens is 2. The second kappa shape index (κ2) is 7.29. The van der Waals surface area contributed by atoms with E-state index < -0.39 is 10.0 Å². The number of carbonyl (C=O) groups is 1. The van der Waals surface area contributed by atoms with E-state index in [1.54, 1.807) is 12.1 Å². The van der Waals surface area contributed by atoms with Gasteiger partial charge < -0.3 is 10.1 Å². The number of hydrogen-bond donors (Lipinski definition) is 2. The molecule has 0 aliphatic carbocycles. The summed E-state index contributed by atoms with van der Waals surface area (Å²) in [4.78, 5) is 11.0. The summed E-state index contributed by atoms with van der Waals surface area (Å²) in [5, 5.41) is 2.96. The summed E-state index contributed by atoms with van der Waals surface area (Å²) in [6.45, 7) is 1.33. The summed E-state index contributed by atoms with van der Waals surface area (Å²) < 4.78 is 32.5. The maximum atomic E-state index is 12.5. The Labute approximate surface area is 149 Å². The average Bonchev–Trinajstić information content (AvgIpc) is 2.48. The highest BCUT2D eigenvalue weighted by atomic mass is 35.5. The molecular formula is C15H14Cl2N2O4S. The Morgan fingerprint density at radius 1 is 1.08 bits per heavy atom. The van der Waals surface area contributed by atoms with Crippen molar-refractivity contribution in [2.24, 2.45) is 0 Å². The Kier molecular flexibility index (Phi) is 5.58. The van der Waals surface area contributed by atoms with Crippen LogP contribution >= 0.6 is 23.2 Å². The lowest BCUT2D eigenvalue weighted by Gasteiger charge is -2.13. The summed E-state index contributed by atoms with van der Waals surface area (Å²) >= 11 is 11.9. The second-order valence-corrected chi connectivity index (χ2v) is 7.30.